The van der Waals surface area contributed by atoms with Crippen LogP contribution in [0.4, 0.5) is 0 Å². The van der Waals surface area contributed by atoms with Crippen molar-refractivity contribution in [2.24, 2.45) is 0 Å². The molecule has 1 atom stereocenters. The molecule has 0 spiro atoms. The van der Waals surface area contributed by atoms with Crippen molar-refractivity contribution < 1.29 is 13.9 Å². The molecule has 0 aliphatic heterocycles. The van der Waals surface area contributed by atoms with Gasteiger partial charge in [-0.15, -0.1) is 0 Å². The Morgan fingerprint density at radius 1 is 1.36 bits per heavy atom. The van der Waals surface area contributed by atoms with E-state index < -0.39 is 11.1 Å². The first kappa shape index (κ1) is 9.11. The number of pyridine rings is 1. The first-order valence-electron chi connectivity index (χ1n) is 3.86. The van der Waals surface area contributed by atoms with E-state index in [1.807, 2.05) is 0 Å². The molecular formula is C9H6NO3S-. The summed E-state index contributed by atoms with van der Waals surface area (Å²) < 4.78 is 21.6. The van der Waals surface area contributed by atoms with Gasteiger partial charge in [0.15, 0.2) is 0 Å². The lowest BCUT2D eigenvalue weighted by Gasteiger charge is -2.08. The van der Waals surface area contributed by atoms with Crippen molar-refractivity contribution >= 4 is 22.0 Å². The van der Waals surface area contributed by atoms with Gasteiger partial charge in [0.05, 0.1) is 0 Å². The minimum absolute atomic E-state index is 0.0187. The molecule has 1 aromatic carbocycles. The summed E-state index contributed by atoms with van der Waals surface area (Å²) in [5.74, 6) is -0.0187. The third-order valence-electron chi connectivity index (χ3n) is 1.89. The van der Waals surface area contributed by atoms with Crippen LogP contribution in [-0.4, -0.2) is 18.9 Å². The molecule has 0 radical (unpaired) electrons. The smallest absolute Gasteiger partial charge is 0.141 e. The Balaban J connectivity index is 2.88. The van der Waals surface area contributed by atoms with Gasteiger partial charge in [-0.05, 0) is 23.2 Å². The second-order valence-electron chi connectivity index (χ2n) is 2.72. The first-order valence-corrected chi connectivity index (χ1v) is 4.93. The van der Waals surface area contributed by atoms with E-state index in [9.17, 15) is 13.9 Å². The summed E-state index contributed by atoms with van der Waals surface area (Å²) in [5, 5.41) is 9.85. The summed E-state index contributed by atoms with van der Waals surface area (Å²) >= 11 is -2.31. The molecule has 2 aromatic rings. The number of fused-ring (bicyclic) bond motifs is 1. The van der Waals surface area contributed by atoms with Crippen LogP contribution >= 0.6 is 0 Å². The third kappa shape index (κ3) is 1.36. The van der Waals surface area contributed by atoms with E-state index in [1.54, 1.807) is 12.1 Å². The van der Waals surface area contributed by atoms with Crippen molar-refractivity contribution in [2.75, 3.05) is 0 Å². The van der Waals surface area contributed by atoms with Crippen molar-refractivity contribution in [2.45, 2.75) is 4.90 Å². The van der Waals surface area contributed by atoms with Gasteiger partial charge in [0.25, 0.3) is 0 Å². The minimum Gasteiger partial charge on any atom is -0.768 e. The number of aromatic nitrogens is 1. The minimum atomic E-state index is -2.31. The summed E-state index contributed by atoms with van der Waals surface area (Å²) in [6.07, 6.45) is 1.35. The van der Waals surface area contributed by atoms with Crippen LogP contribution in [0.2, 0.25) is 0 Å². The number of para-hydroxylation sites is 1. The molecular weight excluding hydrogens is 202 g/mol. The van der Waals surface area contributed by atoms with Gasteiger partial charge in [-0.1, -0.05) is 12.1 Å². The zero-order valence-electron chi connectivity index (χ0n) is 7.01. The lowest BCUT2D eigenvalue weighted by atomic mass is 10.2. The summed E-state index contributed by atoms with van der Waals surface area (Å²) in [5.41, 5.74) is 0.300. The molecule has 5 heteroatoms. The summed E-state index contributed by atoms with van der Waals surface area (Å²) in [7, 11) is 0. The quantitative estimate of drug-likeness (QED) is 0.714. The van der Waals surface area contributed by atoms with Gasteiger partial charge in [-0.3, -0.25) is 9.19 Å². The molecule has 2 rings (SSSR count). The Labute approximate surface area is 82.5 Å². The van der Waals surface area contributed by atoms with Crippen LogP contribution in [0.15, 0.2) is 35.4 Å². The first-order chi connectivity index (χ1) is 6.70. The predicted octanol–water partition coefficient (Wildman–Crippen LogP) is 1.18. The van der Waals surface area contributed by atoms with Crippen LogP contribution in [0.5, 0.6) is 5.75 Å². The fraction of sp³-hybridized carbons (Fsp3) is 0. The monoisotopic (exact) mass is 208 g/mol. The Morgan fingerprint density at radius 3 is 2.86 bits per heavy atom. The lowest BCUT2D eigenvalue weighted by Crippen LogP contribution is -1.91. The number of aromatic hydroxyl groups is 1. The van der Waals surface area contributed by atoms with Crippen molar-refractivity contribution in [1.29, 1.82) is 0 Å². The number of phenolic OH excluding ortho intramolecular Hbond substituents is 1. The van der Waals surface area contributed by atoms with E-state index in [2.05, 4.69) is 4.98 Å². The molecule has 0 saturated carbocycles. The standard InChI is InChI=1S/C9H7NO3S/c11-7-3-1-2-6-8(14(12)13)4-5-10-9(6)7/h1-5,11H,(H,12,13)/p-1. The largest absolute Gasteiger partial charge is 0.768 e. The lowest BCUT2D eigenvalue weighted by molar-refractivity contribution is 0.480. The van der Waals surface area contributed by atoms with Gasteiger partial charge in [0.2, 0.25) is 0 Å². The average molecular weight is 208 g/mol. The molecule has 14 heavy (non-hydrogen) atoms. The molecule has 1 unspecified atom stereocenters. The van der Waals surface area contributed by atoms with E-state index in [0.29, 0.717) is 10.9 Å². The highest BCUT2D eigenvalue weighted by Gasteiger charge is 2.04. The van der Waals surface area contributed by atoms with Crippen LogP contribution in [0.3, 0.4) is 0 Å². The Bertz CT molecular complexity index is 512. The van der Waals surface area contributed by atoms with E-state index >= 15 is 0 Å². The molecule has 0 fully saturated rings. The van der Waals surface area contributed by atoms with Crippen molar-refractivity contribution in [3.63, 3.8) is 0 Å². The fourth-order valence-electron chi connectivity index (χ4n) is 1.28. The van der Waals surface area contributed by atoms with Crippen LogP contribution in [0.1, 0.15) is 0 Å². The zero-order chi connectivity index (χ0) is 10.1. The highest BCUT2D eigenvalue weighted by Crippen LogP contribution is 2.25. The molecule has 4 nitrogen and oxygen atoms in total. The van der Waals surface area contributed by atoms with Gasteiger partial charge in [0.1, 0.15) is 11.3 Å². The van der Waals surface area contributed by atoms with Crippen molar-refractivity contribution in [3.8, 4) is 5.75 Å². The Morgan fingerprint density at radius 2 is 2.14 bits per heavy atom. The van der Waals surface area contributed by atoms with Crippen LogP contribution in [-0.2, 0) is 11.1 Å². The molecule has 0 amide bonds. The molecule has 0 aliphatic rings. The van der Waals surface area contributed by atoms with Crippen LogP contribution < -0.4 is 0 Å². The predicted molar refractivity (Wildman–Crippen MR) is 50.6 cm³/mol. The fourth-order valence-corrected chi connectivity index (χ4v) is 1.80. The number of hydrogen-bond donors (Lipinski definition) is 1. The maximum Gasteiger partial charge on any atom is 0.141 e. The average Bonchev–Trinajstić information content (AvgIpc) is 2.17. The number of benzene rings is 1. The van der Waals surface area contributed by atoms with E-state index in [0.717, 1.165) is 0 Å². The molecule has 72 valence electrons. The SMILES string of the molecule is O=S([O-])c1ccnc2c(O)cccc12. The van der Waals surface area contributed by atoms with Crippen LogP contribution in [0.25, 0.3) is 10.9 Å². The summed E-state index contributed by atoms with van der Waals surface area (Å²) in [6, 6.07) is 6.04. The molecule has 0 saturated heterocycles. The Hall–Kier alpha value is -1.46. The van der Waals surface area contributed by atoms with E-state index in [1.165, 1.54) is 18.3 Å². The second-order valence-corrected chi connectivity index (χ2v) is 3.63. The van der Waals surface area contributed by atoms with E-state index in [-0.39, 0.29) is 10.6 Å². The normalized spacial score (nSPS) is 12.9. The molecule has 0 aliphatic carbocycles. The third-order valence-corrected chi connectivity index (χ3v) is 2.60. The highest BCUT2D eigenvalue weighted by molar-refractivity contribution is 7.79. The number of hydrogen-bond acceptors (Lipinski definition) is 4. The molecule has 1 N–H and O–H groups in total. The second kappa shape index (κ2) is 3.36. The Kier molecular flexibility index (Phi) is 2.18. The van der Waals surface area contributed by atoms with Crippen molar-refractivity contribution in [1.82, 2.24) is 4.98 Å². The van der Waals surface area contributed by atoms with Gasteiger partial charge in [-0.2, -0.15) is 0 Å². The number of phenols is 1. The highest BCUT2D eigenvalue weighted by atomic mass is 32.2. The van der Waals surface area contributed by atoms with Crippen LogP contribution in [0, 0.1) is 0 Å². The maximum absolute atomic E-state index is 10.8. The topological polar surface area (TPSA) is 73.2 Å². The maximum atomic E-state index is 10.8. The molecule has 0 bridgehead atoms. The van der Waals surface area contributed by atoms with Gasteiger partial charge in [0, 0.05) is 16.5 Å². The summed E-state index contributed by atoms with van der Waals surface area (Å²) in [4.78, 5) is 4.04. The molecule has 1 aromatic heterocycles. The number of nitrogens with zero attached hydrogens (tertiary/aromatic N) is 1. The molecule has 1 heterocycles. The number of rotatable bonds is 1. The van der Waals surface area contributed by atoms with E-state index in [4.69, 9.17) is 0 Å². The van der Waals surface area contributed by atoms with Crippen molar-refractivity contribution in [3.05, 3.63) is 30.5 Å². The van der Waals surface area contributed by atoms with Gasteiger partial charge in [-0.25, -0.2) is 0 Å². The van der Waals surface area contributed by atoms with Gasteiger partial charge >= 0.3 is 0 Å². The summed E-state index contributed by atoms with van der Waals surface area (Å²) in [6.45, 7) is 0. The zero-order valence-corrected chi connectivity index (χ0v) is 7.82. The van der Waals surface area contributed by atoms with Gasteiger partial charge < -0.3 is 9.66 Å².